The van der Waals surface area contributed by atoms with Gasteiger partial charge in [-0.3, -0.25) is 0 Å². The van der Waals surface area contributed by atoms with Gasteiger partial charge >= 0.3 is 5.97 Å². The van der Waals surface area contributed by atoms with E-state index in [0.29, 0.717) is 0 Å². The topological polar surface area (TPSA) is 41.6 Å². The van der Waals surface area contributed by atoms with E-state index < -0.39 is 0 Å². The van der Waals surface area contributed by atoms with Gasteiger partial charge in [0.05, 0.1) is 12.7 Å². The number of carbonyl (C=O) groups is 1. The van der Waals surface area contributed by atoms with E-state index in [1.54, 1.807) is 11.3 Å². The van der Waals surface area contributed by atoms with Gasteiger partial charge in [-0.05, 0) is 31.4 Å². The first-order valence-corrected chi connectivity index (χ1v) is 7.31. The van der Waals surface area contributed by atoms with Gasteiger partial charge < -0.3 is 15.0 Å². The summed E-state index contributed by atoms with van der Waals surface area (Å²) in [4.78, 5) is 15.7. The lowest BCUT2D eigenvalue weighted by Crippen LogP contribution is -2.24. The first kappa shape index (κ1) is 12.0. The van der Waals surface area contributed by atoms with E-state index in [9.17, 15) is 4.79 Å². The monoisotopic (exact) mass is 266 g/mol. The highest BCUT2D eigenvalue weighted by Crippen LogP contribution is 2.39. The van der Waals surface area contributed by atoms with Crippen LogP contribution in [0.1, 0.15) is 33.6 Å². The van der Waals surface area contributed by atoms with Crippen LogP contribution in [0.5, 0.6) is 0 Å². The number of fused-ring (bicyclic) bond motifs is 1. The summed E-state index contributed by atoms with van der Waals surface area (Å²) in [6.07, 6.45) is 3.38. The summed E-state index contributed by atoms with van der Waals surface area (Å²) in [5.41, 5.74) is 2.05. The number of rotatable bonds is 2. The zero-order chi connectivity index (χ0) is 12.5. The van der Waals surface area contributed by atoms with Crippen LogP contribution >= 0.6 is 11.3 Å². The van der Waals surface area contributed by atoms with E-state index in [1.165, 1.54) is 30.4 Å². The minimum atomic E-state index is -0.170. The van der Waals surface area contributed by atoms with Crippen molar-refractivity contribution in [3.05, 3.63) is 16.0 Å². The number of methoxy groups -OCH3 is 1. The Morgan fingerprint density at radius 3 is 2.89 bits per heavy atom. The molecule has 2 aliphatic rings. The van der Waals surface area contributed by atoms with Crippen molar-refractivity contribution in [2.45, 2.75) is 25.8 Å². The van der Waals surface area contributed by atoms with Gasteiger partial charge in [-0.15, -0.1) is 11.3 Å². The smallest absolute Gasteiger partial charge is 0.341 e. The van der Waals surface area contributed by atoms with Gasteiger partial charge in [0.15, 0.2) is 0 Å². The molecule has 1 aromatic rings. The van der Waals surface area contributed by atoms with E-state index in [4.69, 9.17) is 4.74 Å². The highest BCUT2D eigenvalue weighted by Gasteiger charge is 2.29. The summed E-state index contributed by atoms with van der Waals surface area (Å²) in [6, 6.07) is 0. The van der Waals surface area contributed by atoms with Crippen LogP contribution in [0.4, 0.5) is 5.00 Å². The van der Waals surface area contributed by atoms with Crippen molar-refractivity contribution in [3.63, 3.8) is 0 Å². The second-order valence-electron chi connectivity index (χ2n) is 4.80. The SMILES string of the molecule is COC(=O)c1c(N2CCCC2)sc2c1CCNC2. The largest absolute Gasteiger partial charge is 0.465 e. The molecular formula is C13H18N2O2S. The predicted octanol–water partition coefficient (Wildman–Crippen LogP) is 1.78. The molecular weight excluding hydrogens is 248 g/mol. The summed E-state index contributed by atoms with van der Waals surface area (Å²) in [5, 5.41) is 4.50. The van der Waals surface area contributed by atoms with E-state index in [-0.39, 0.29) is 5.97 Å². The van der Waals surface area contributed by atoms with Crippen LogP contribution in [0.3, 0.4) is 0 Å². The van der Waals surface area contributed by atoms with E-state index in [0.717, 1.165) is 43.2 Å². The fourth-order valence-electron chi connectivity index (χ4n) is 2.78. The second-order valence-corrected chi connectivity index (χ2v) is 5.88. The molecule has 0 bridgehead atoms. The van der Waals surface area contributed by atoms with E-state index in [2.05, 4.69) is 10.2 Å². The molecule has 1 N–H and O–H groups in total. The van der Waals surface area contributed by atoms with E-state index >= 15 is 0 Å². The summed E-state index contributed by atoms with van der Waals surface area (Å²) in [6.45, 7) is 3.97. The average molecular weight is 266 g/mol. The van der Waals surface area contributed by atoms with Gasteiger partial charge in [0, 0.05) is 24.5 Å². The maximum absolute atomic E-state index is 12.1. The Morgan fingerprint density at radius 2 is 2.17 bits per heavy atom. The normalized spacial score (nSPS) is 18.8. The predicted molar refractivity (Wildman–Crippen MR) is 72.5 cm³/mol. The number of hydrogen-bond acceptors (Lipinski definition) is 5. The van der Waals surface area contributed by atoms with Gasteiger partial charge in [0.25, 0.3) is 0 Å². The molecule has 1 saturated heterocycles. The lowest BCUT2D eigenvalue weighted by atomic mass is 10.0. The number of hydrogen-bond donors (Lipinski definition) is 1. The Bertz CT molecular complexity index is 464. The highest BCUT2D eigenvalue weighted by molar-refractivity contribution is 7.16. The van der Waals surface area contributed by atoms with Crippen LogP contribution < -0.4 is 10.2 Å². The number of thiophene rings is 1. The molecule has 0 spiro atoms. The maximum atomic E-state index is 12.1. The number of nitrogens with zero attached hydrogens (tertiary/aromatic N) is 1. The molecule has 0 aromatic carbocycles. The average Bonchev–Trinajstić information content (AvgIpc) is 3.04. The summed E-state index contributed by atoms with van der Waals surface area (Å²) in [7, 11) is 1.47. The zero-order valence-electron chi connectivity index (χ0n) is 10.6. The minimum absolute atomic E-state index is 0.170. The van der Waals surface area contributed by atoms with Gasteiger partial charge in [-0.2, -0.15) is 0 Å². The van der Waals surface area contributed by atoms with Crippen molar-refractivity contribution in [2.24, 2.45) is 0 Å². The zero-order valence-corrected chi connectivity index (χ0v) is 11.4. The molecule has 0 radical (unpaired) electrons. The molecule has 1 aromatic heterocycles. The molecule has 0 saturated carbocycles. The Labute approximate surface area is 111 Å². The van der Waals surface area contributed by atoms with Crippen molar-refractivity contribution in [1.29, 1.82) is 0 Å². The van der Waals surface area contributed by atoms with Crippen LogP contribution in [-0.4, -0.2) is 32.7 Å². The van der Waals surface area contributed by atoms with Crippen LogP contribution in [0, 0.1) is 0 Å². The first-order chi connectivity index (χ1) is 8.81. The molecule has 0 atom stereocenters. The molecule has 3 heterocycles. The van der Waals surface area contributed by atoms with Gasteiger partial charge in [-0.25, -0.2) is 4.79 Å². The standard InChI is InChI=1S/C13H18N2O2S/c1-17-13(16)11-9-4-5-14-8-10(9)18-12(11)15-6-2-3-7-15/h14H,2-8H2,1H3. The second kappa shape index (κ2) is 4.90. The van der Waals surface area contributed by atoms with Gasteiger partial charge in [0.1, 0.15) is 5.00 Å². The molecule has 0 unspecified atom stereocenters. The third-order valence-corrected chi connectivity index (χ3v) is 4.99. The molecule has 2 aliphatic heterocycles. The number of esters is 1. The Hall–Kier alpha value is -1.07. The lowest BCUT2D eigenvalue weighted by Gasteiger charge is -2.17. The van der Waals surface area contributed by atoms with Crippen LogP contribution in [-0.2, 0) is 17.7 Å². The Balaban J connectivity index is 2.05. The lowest BCUT2D eigenvalue weighted by molar-refractivity contribution is 0.0600. The van der Waals surface area contributed by atoms with Crippen molar-refractivity contribution in [2.75, 3.05) is 31.6 Å². The quantitative estimate of drug-likeness (QED) is 0.829. The number of carbonyl (C=O) groups excluding carboxylic acids is 1. The van der Waals surface area contributed by atoms with Crippen LogP contribution in [0.25, 0.3) is 0 Å². The molecule has 3 rings (SSSR count). The molecule has 1 fully saturated rings. The summed E-state index contributed by atoms with van der Waals surface area (Å²) >= 11 is 1.77. The minimum Gasteiger partial charge on any atom is -0.465 e. The fourth-order valence-corrected chi connectivity index (χ4v) is 4.13. The first-order valence-electron chi connectivity index (χ1n) is 6.50. The Morgan fingerprint density at radius 1 is 1.39 bits per heavy atom. The Kier molecular flexibility index (Phi) is 3.26. The molecule has 0 aliphatic carbocycles. The third-order valence-electron chi connectivity index (χ3n) is 3.69. The van der Waals surface area contributed by atoms with Crippen molar-refractivity contribution < 1.29 is 9.53 Å². The number of nitrogens with one attached hydrogen (secondary N) is 1. The number of anilines is 1. The molecule has 5 heteroatoms. The van der Waals surface area contributed by atoms with Gasteiger partial charge in [0.2, 0.25) is 0 Å². The number of ether oxygens (including phenoxy) is 1. The molecule has 4 nitrogen and oxygen atoms in total. The summed E-state index contributed by atoms with van der Waals surface area (Å²) < 4.78 is 4.98. The molecule has 98 valence electrons. The summed E-state index contributed by atoms with van der Waals surface area (Å²) in [5.74, 6) is -0.170. The van der Waals surface area contributed by atoms with Crippen molar-refractivity contribution >= 4 is 22.3 Å². The van der Waals surface area contributed by atoms with E-state index in [1.807, 2.05) is 0 Å². The fraction of sp³-hybridized carbons (Fsp3) is 0.615. The molecule has 0 amide bonds. The van der Waals surface area contributed by atoms with Crippen molar-refractivity contribution in [1.82, 2.24) is 5.32 Å². The van der Waals surface area contributed by atoms with Gasteiger partial charge in [-0.1, -0.05) is 0 Å². The van der Waals surface area contributed by atoms with Crippen LogP contribution in [0.15, 0.2) is 0 Å². The maximum Gasteiger partial charge on any atom is 0.341 e. The van der Waals surface area contributed by atoms with Crippen LogP contribution in [0.2, 0.25) is 0 Å². The third kappa shape index (κ3) is 1.91. The highest BCUT2D eigenvalue weighted by atomic mass is 32.1. The van der Waals surface area contributed by atoms with Crippen molar-refractivity contribution in [3.8, 4) is 0 Å². The molecule has 18 heavy (non-hydrogen) atoms.